The Balaban J connectivity index is 2.56. The van der Waals surface area contributed by atoms with E-state index < -0.39 is 0 Å². The van der Waals surface area contributed by atoms with Crippen molar-refractivity contribution in [1.29, 1.82) is 0 Å². The van der Waals surface area contributed by atoms with Crippen molar-refractivity contribution in [2.75, 3.05) is 0 Å². The standard InChI is InChI=1S/C10H3BrClFN2S/c11-5-2-7-4(1-6(5)13)8-9(16-7)10(12)15-3-14-8/h1-3H. The number of aromatic nitrogens is 2. The minimum absolute atomic E-state index is 0.304. The predicted octanol–water partition coefficient (Wildman–Crippen LogP) is 4.40. The molecule has 2 nitrogen and oxygen atoms in total. The van der Waals surface area contributed by atoms with Crippen LogP contribution in [-0.2, 0) is 0 Å². The Bertz CT molecular complexity index is 713. The highest BCUT2D eigenvalue weighted by atomic mass is 79.9. The van der Waals surface area contributed by atoms with E-state index in [1.165, 1.54) is 23.7 Å². The first-order valence-corrected chi connectivity index (χ1v) is 6.33. The lowest BCUT2D eigenvalue weighted by Gasteiger charge is -1.94. The van der Waals surface area contributed by atoms with Crippen LogP contribution in [0.25, 0.3) is 20.3 Å². The van der Waals surface area contributed by atoms with Gasteiger partial charge in [-0.05, 0) is 28.1 Å². The van der Waals surface area contributed by atoms with E-state index in [4.69, 9.17) is 11.6 Å². The van der Waals surface area contributed by atoms with Crippen LogP contribution < -0.4 is 0 Å². The van der Waals surface area contributed by atoms with E-state index in [1.807, 2.05) is 0 Å². The lowest BCUT2D eigenvalue weighted by Crippen LogP contribution is -1.80. The maximum Gasteiger partial charge on any atom is 0.150 e. The molecule has 2 heterocycles. The van der Waals surface area contributed by atoms with Crippen LogP contribution in [0.1, 0.15) is 0 Å². The Morgan fingerprint density at radius 1 is 1.31 bits per heavy atom. The highest BCUT2D eigenvalue weighted by Gasteiger charge is 2.12. The summed E-state index contributed by atoms with van der Waals surface area (Å²) in [6.45, 7) is 0. The molecule has 0 aliphatic carbocycles. The summed E-state index contributed by atoms with van der Waals surface area (Å²) in [4.78, 5) is 8.04. The molecule has 0 radical (unpaired) electrons. The third kappa shape index (κ3) is 1.43. The molecule has 0 unspecified atom stereocenters. The van der Waals surface area contributed by atoms with E-state index in [-0.39, 0.29) is 5.82 Å². The SMILES string of the molecule is Fc1cc2c(cc1Br)sc1c(Cl)ncnc12. The summed E-state index contributed by atoms with van der Waals surface area (Å²) in [5.74, 6) is -0.304. The smallest absolute Gasteiger partial charge is 0.150 e. The highest BCUT2D eigenvalue weighted by molar-refractivity contribution is 9.10. The van der Waals surface area contributed by atoms with Crippen molar-refractivity contribution in [2.24, 2.45) is 0 Å². The average molecular weight is 318 g/mol. The molecule has 16 heavy (non-hydrogen) atoms. The Labute approximate surface area is 107 Å². The first-order chi connectivity index (χ1) is 7.66. The van der Waals surface area contributed by atoms with Gasteiger partial charge in [0, 0.05) is 10.1 Å². The number of hydrogen-bond donors (Lipinski definition) is 0. The van der Waals surface area contributed by atoms with Crippen molar-refractivity contribution in [3.63, 3.8) is 0 Å². The fourth-order valence-corrected chi connectivity index (χ4v) is 3.34. The fraction of sp³-hybridized carbons (Fsp3) is 0. The van der Waals surface area contributed by atoms with Gasteiger partial charge in [0.1, 0.15) is 17.3 Å². The molecule has 0 bridgehead atoms. The maximum absolute atomic E-state index is 13.4. The summed E-state index contributed by atoms with van der Waals surface area (Å²) in [6, 6.07) is 3.19. The third-order valence-electron chi connectivity index (χ3n) is 2.25. The minimum Gasteiger partial charge on any atom is -0.235 e. The zero-order chi connectivity index (χ0) is 11.3. The molecule has 6 heteroatoms. The Morgan fingerprint density at radius 3 is 2.94 bits per heavy atom. The first-order valence-electron chi connectivity index (χ1n) is 4.34. The van der Waals surface area contributed by atoms with Gasteiger partial charge in [-0.3, -0.25) is 0 Å². The number of nitrogens with zero attached hydrogens (tertiary/aromatic N) is 2. The molecular formula is C10H3BrClFN2S. The summed E-state index contributed by atoms with van der Waals surface area (Å²) in [5.41, 5.74) is 0.700. The Morgan fingerprint density at radius 2 is 2.12 bits per heavy atom. The van der Waals surface area contributed by atoms with Crippen molar-refractivity contribution in [3.05, 3.63) is 33.9 Å². The van der Waals surface area contributed by atoms with E-state index in [2.05, 4.69) is 25.9 Å². The predicted molar refractivity (Wildman–Crippen MR) is 67.6 cm³/mol. The fourth-order valence-electron chi connectivity index (χ4n) is 1.54. The molecule has 1 aromatic carbocycles. The second kappa shape index (κ2) is 3.61. The van der Waals surface area contributed by atoms with Crippen LogP contribution in [0.3, 0.4) is 0 Å². The monoisotopic (exact) mass is 316 g/mol. The molecular weight excluding hydrogens is 315 g/mol. The van der Waals surface area contributed by atoms with Gasteiger partial charge < -0.3 is 0 Å². The van der Waals surface area contributed by atoms with E-state index in [0.717, 1.165) is 14.8 Å². The highest BCUT2D eigenvalue weighted by Crippen LogP contribution is 2.37. The number of hydrogen-bond acceptors (Lipinski definition) is 3. The second-order valence-electron chi connectivity index (χ2n) is 3.21. The number of thiophene rings is 1. The summed E-state index contributed by atoms with van der Waals surface area (Å²) in [5, 5.41) is 1.17. The lowest BCUT2D eigenvalue weighted by molar-refractivity contribution is 0.623. The molecule has 0 atom stereocenters. The van der Waals surface area contributed by atoms with Gasteiger partial charge >= 0.3 is 0 Å². The lowest BCUT2D eigenvalue weighted by atomic mass is 10.2. The van der Waals surface area contributed by atoms with E-state index in [1.54, 1.807) is 6.07 Å². The molecule has 3 aromatic rings. The maximum atomic E-state index is 13.4. The molecule has 0 spiro atoms. The van der Waals surface area contributed by atoms with Crippen LogP contribution in [0.5, 0.6) is 0 Å². The minimum atomic E-state index is -0.304. The molecule has 0 saturated carbocycles. The van der Waals surface area contributed by atoms with Crippen molar-refractivity contribution in [1.82, 2.24) is 9.97 Å². The van der Waals surface area contributed by atoms with E-state index in [9.17, 15) is 4.39 Å². The van der Waals surface area contributed by atoms with Gasteiger partial charge in [0.15, 0.2) is 0 Å². The summed E-state index contributed by atoms with van der Waals surface area (Å²) >= 11 is 10.6. The molecule has 80 valence electrons. The Hall–Kier alpha value is -0.780. The molecule has 0 aliphatic rings. The van der Waals surface area contributed by atoms with Gasteiger partial charge in [-0.2, -0.15) is 0 Å². The topological polar surface area (TPSA) is 25.8 Å². The quantitative estimate of drug-likeness (QED) is 0.574. The molecule has 3 rings (SSSR count). The van der Waals surface area contributed by atoms with E-state index >= 15 is 0 Å². The van der Waals surface area contributed by atoms with Crippen molar-refractivity contribution in [3.8, 4) is 0 Å². The summed E-state index contributed by atoms with van der Waals surface area (Å²) in [6.07, 6.45) is 1.39. The third-order valence-corrected chi connectivity index (χ3v) is 4.40. The molecule has 0 fully saturated rings. The van der Waals surface area contributed by atoms with Crippen LogP contribution in [-0.4, -0.2) is 9.97 Å². The summed E-state index contributed by atoms with van der Waals surface area (Å²) in [7, 11) is 0. The number of halogens is 3. The largest absolute Gasteiger partial charge is 0.235 e. The van der Waals surface area contributed by atoms with Crippen molar-refractivity contribution >= 4 is 59.2 Å². The van der Waals surface area contributed by atoms with Crippen LogP contribution >= 0.6 is 38.9 Å². The molecule has 0 aliphatic heterocycles. The first kappa shape index (κ1) is 10.4. The number of fused-ring (bicyclic) bond motifs is 3. The normalized spacial score (nSPS) is 11.4. The molecule has 0 saturated heterocycles. The van der Waals surface area contributed by atoms with Gasteiger partial charge in [0.25, 0.3) is 0 Å². The van der Waals surface area contributed by atoms with Gasteiger partial charge in [-0.25, -0.2) is 14.4 Å². The van der Waals surface area contributed by atoms with Gasteiger partial charge in [-0.1, -0.05) is 11.6 Å². The zero-order valence-corrected chi connectivity index (χ0v) is 10.8. The summed E-state index contributed by atoms with van der Waals surface area (Å²) < 4.78 is 15.6. The Kier molecular flexibility index (Phi) is 2.34. The molecule has 0 amide bonds. The van der Waals surface area contributed by atoms with Gasteiger partial charge in [0.2, 0.25) is 0 Å². The number of rotatable bonds is 0. The van der Waals surface area contributed by atoms with Crippen LogP contribution in [0.15, 0.2) is 22.9 Å². The second-order valence-corrected chi connectivity index (χ2v) is 5.47. The average Bonchev–Trinajstić information content (AvgIpc) is 2.59. The molecule has 2 aromatic heterocycles. The van der Waals surface area contributed by atoms with Gasteiger partial charge in [-0.15, -0.1) is 11.3 Å². The van der Waals surface area contributed by atoms with Crippen LogP contribution in [0.2, 0.25) is 5.15 Å². The van der Waals surface area contributed by atoms with Crippen LogP contribution in [0.4, 0.5) is 4.39 Å². The van der Waals surface area contributed by atoms with Crippen molar-refractivity contribution < 1.29 is 4.39 Å². The van der Waals surface area contributed by atoms with Crippen LogP contribution in [0, 0.1) is 5.82 Å². The zero-order valence-electron chi connectivity index (χ0n) is 7.67. The van der Waals surface area contributed by atoms with Crippen molar-refractivity contribution in [2.45, 2.75) is 0 Å². The number of benzene rings is 1. The molecule has 0 N–H and O–H groups in total. The van der Waals surface area contributed by atoms with E-state index in [0.29, 0.717) is 15.1 Å². The van der Waals surface area contributed by atoms with Gasteiger partial charge in [0.05, 0.1) is 14.7 Å².